The molecule has 2 aromatic carbocycles. The van der Waals surface area contributed by atoms with Crippen molar-refractivity contribution in [2.24, 2.45) is 0 Å². The lowest BCUT2D eigenvalue weighted by Gasteiger charge is -2.11. The Labute approximate surface area is 210 Å². The second-order valence-electron chi connectivity index (χ2n) is 7.81. The van der Waals surface area contributed by atoms with E-state index in [0.29, 0.717) is 38.0 Å². The van der Waals surface area contributed by atoms with Crippen LogP contribution in [0.3, 0.4) is 0 Å². The van der Waals surface area contributed by atoms with Gasteiger partial charge in [0.2, 0.25) is 0 Å². The monoisotopic (exact) mass is 517 g/mol. The summed E-state index contributed by atoms with van der Waals surface area (Å²) in [4.78, 5) is 23.2. The van der Waals surface area contributed by atoms with E-state index in [2.05, 4.69) is 25.5 Å². The first-order valence-corrected chi connectivity index (χ1v) is 13.4. The Bertz CT molecular complexity index is 1700. The summed E-state index contributed by atoms with van der Waals surface area (Å²) in [6.07, 6.45) is 4.09. The van der Waals surface area contributed by atoms with Gasteiger partial charge in [0, 0.05) is 22.9 Å². The van der Waals surface area contributed by atoms with Crippen molar-refractivity contribution in [3.8, 4) is 28.1 Å². The summed E-state index contributed by atoms with van der Waals surface area (Å²) >= 11 is 1.24. The van der Waals surface area contributed by atoms with Crippen LogP contribution < -0.4 is 10.1 Å². The Kier molecular flexibility index (Phi) is 6.17. The first kappa shape index (κ1) is 23.5. The van der Waals surface area contributed by atoms with Gasteiger partial charge in [0.1, 0.15) is 16.1 Å². The van der Waals surface area contributed by atoms with Crippen molar-refractivity contribution in [3.63, 3.8) is 0 Å². The van der Waals surface area contributed by atoms with Crippen LogP contribution in [0.15, 0.2) is 78.0 Å². The van der Waals surface area contributed by atoms with Gasteiger partial charge in [-0.1, -0.05) is 41.7 Å². The van der Waals surface area contributed by atoms with E-state index >= 15 is 0 Å². The third-order valence-electron chi connectivity index (χ3n) is 5.43. The molecule has 0 aliphatic rings. The minimum atomic E-state index is -3.28. The van der Waals surface area contributed by atoms with Crippen LogP contribution in [0, 0.1) is 0 Å². The Morgan fingerprint density at radius 2 is 1.67 bits per heavy atom. The number of amides is 1. The highest BCUT2D eigenvalue weighted by atomic mass is 32.2. The van der Waals surface area contributed by atoms with Gasteiger partial charge in [-0.2, -0.15) is 10.2 Å². The number of thiazole rings is 1. The summed E-state index contributed by atoms with van der Waals surface area (Å²) in [5, 5.41) is 11.0. The van der Waals surface area contributed by atoms with Crippen LogP contribution in [0.1, 0.15) is 10.4 Å². The number of anilines is 1. The molecule has 0 unspecified atom stereocenters. The number of carbonyl (C=O) groups is 1. The predicted octanol–water partition coefficient (Wildman–Crippen LogP) is 4.48. The normalized spacial score (nSPS) is 11.4. The molecule has 3 aromatic heterocycles. The molecule has 0 bridgehead atoms. The lowest BCUT2D eigenvalue weighted by atomic mass is 10.0. The summed E-state index contributed by atoms with van der Waals surface area (Å²) in [5.41, 5.74) is 3.70. The van der Waals surface area contributed by atoms with Gasteiger partial charge < -0.3 is 4.74 Å². The zero-order chi connectivity index (χ0) is 25.3. The Morgan fingerprint density at radius 3 is 2.42 bits per heavy atom. The van der Waals surface area contributed by atoms with E-state index in [-0.39, 0.29) is 10.8 Å². The van der Waals surface area contributed by atoms with Gasteiger partial charge in [0.15, 0.2) is 15.0 Å². The molecule has 0 atom stereocenters. The number of fused-ring (bicyclic) bond motifs is 1. The van der Waals surface area contributed by atoms with Crippen molar-refractivity contribution in [2.45, 2.75) is 4.90 Å². The molecule has 0 spiro atoms. The SMILES string of the molecule is COc1ccccc1-c1cnncc1C(=O)Nc1nc2ccc(-c3ccc(S(C)(=O)=O)cc3)nc2s1. The number of hydrogen-bond acceptors (Lipinski definition) is 9. The van der Waals surface area contributed by atoms with Gasteiger partial charge in [-0.25, -0.2) is 18.4 Å². The Balaban J connectivity index is 1.43. The minimum Gasteiger partial charge on any atom is -0.496 e. The van der Waals surface area contributed by atoms with Crippen molar-refractivity contribution in [1.29, 1.82) is 0 Å². The first-order chi connectivity index (χ1) is 17.3. The fourth-order valence-electron chi connectivity index (χ4n) is 3.65. The van der Waals surface area contributed by atoms with Crippen LogP contribution in [0.4, 0.5) is 5.13 Å². The van der Waals surface area contributed by atoms with Crippen molar-refractivity contribution >= 4 is 42.6 Å². The van der Waals surface area contributed by atoms with E-state index in [0.717, 1.165) is 11.1 Å². The number of benzene rings is 2. The number of nitrogens with zero attached hydrogens (tertiary/aromatic N) is 4. The molecule has 36 heavy (non-hydrogen) atoms. The topological polar surface area (TPSA) is 124 Å². The van der Waals surface area contributed by atoms with Crippen LogP contribution in [0.25, 0.3) is 32.7 Å². The third-order valence-corrected chi connectivity index (χ3v) is 7.44. The molecule has 0 saturated heterocycles. The number of hydrogen-bond donors (Lipinski definition) is 1. The summed E-state index contributed by atoms with van der Waals surface area (Å²) in [5.74, 6) is 0.224. The van der Waals surface area contributed by atoms with Gasteiger partial charge in [-0.15, -0.1) is 0 Å². The van der Waals surface area contributed by atoms with E-state index in [9.17, 15) is 13.2 Å². The number of methoxy groups -OCH3 is 1. The van der Waals surface area contributed by atoms with E-state index in [1.165, 1.54) is 30.0 Å². The number of para-hydroxylation sites is 1. The smallest absolute Gasteiger partial charge is 0.259 e. The maximum atomic E-state index is 13.2. The molecule has 0 radical (unpaired) electrons. The largest absolute Gasteiger partial charge is 0.496 e. The minimum absolute atomic E-state index is 0.244. The molecule has 5 aromatic rings. The highest BCUT2D eigenvalue weighted by Crippen LogP contribution is 2.33. The second kappa shape index (κ2) is 9.44. The molecule has 5 rings (SSSR count). The van der Waals surface area contributed by atoms with Gasteiger partial charge in [0.25, 0.3) is 5.91 Å². The Morgan fingerprint density at radius 1 is 0.917 bits per heavy atom. The highest BCUT2D eigenvalue weighted by Gasteiger charge is 2.18. The number of nitrogens with one attached hydrogen (secondary N) is 1. The van der Waals surface area contributed by atoms with Crippen LogP contribution >= 0.6 is 11.3 Å². The van der Waals surface area contributed by atoms with Gasteiger partial charge in [-0.05, 0) is 30.3 Å². The molecule has 180 valence electrons. The van der Waals surface area contributed by atoms with Crippen molar-refractivity contribution in [2.75, 3.05) is 18.7 Å². The molecule has 0 fully saturated rings. The third kappa shape index (κ3) is 4.66. The number of sulfone groups is 1. The van der Waals surface area contributed by atoms with Crippen LogP contribution in [-0.2, 0) is 9.84 Å². The molecule has 0 aliphatic carbocycles. The number of rotatable bonds is 6. The van der Waals surface area contributed by atoms with Crippen molar-refractivity contribution < 1.29 is 17.9 Å². The van der Waals surface area contributed by atoms with Crippen LogP contribution in [0.5, 0.6) is 5.75 Å². The summed E-state index contributed by atoms with van der Waals surface area (Å²) in [6.45, 7) is 0. The molecule has 3 heterocycles. The molecule has 1 amide bonds. The zero-order valence-electron chi connectivity index (χ0n) is 19.2. The maximum Gasteiger partial charge on any atom is 0.259 e. The fourth-order valence-corrected chi connectivity index (χ4v) is 5.12. The lowest BCUT2D eigenvalue weighted by molar-refractivity contribution is 0.102. The average Bonchev–Trinajstić information content (AvgIpc) is 3.29. The van der Waals surface area contributed by atoms with Gasteiger partial charge in [0.05, 0.1) is 35.7 Å². The average molecular weight is 518 g/mol. The van der Waals surface area contributed by atoms with Crippen LogP contribution in [0.2, 0.25) is 0 Å². The van der Waals surface area contributed by atoms with E-state index in [1.54, 1.807) is 37.4 Å². The number of ether oxygens (including phenoxy) is 1. The number of carbonyl (C=O) groups excluding carboxylic acids is 1. The van der Waals surface area contributed by atoms with Crippen LogP contribution in [-0.4, -0.2) is 47.9 Å². The van der Waals surface area contributed by atoms with E-state index in [4.69, 9.17) is 4.74 Å². The molecular weight excluding hydrogens is 498 g/mol. The molecule has 0 aliphatic heterocycles. The second-order valence-corrected chi connectivity index (χ2v) is 10.8. The molecular formula is C25H19N5O4S2. The van der Waals surface area contributed by atoms with Crippen molar-refractivity contribution in [1.82, 2.24) is 20.2 Å². The first-order valence-electron chi connectivity index (χ1n) is 10.7. The molecule has 11 heteroatoms. The highest BCUT2D eigenvalue weighted by molar-refractivity contribution is 7.90. The van der Waals surface area contributed by atoms with E-state index < -0.39 is 9.84 Å². The maximum absolute atomic E-state index is 13.2. The van der Waals surface area contributed by atoms with Gasteiger partial charge in [-0.3, -0.25) is 10.1 Å². The lowest BCUT2D eigenvalue weighted by Crippen LogP contribution is -2.14. The Hall–Kier alpha value is -4.22. The molecule has 1 N–H and O–H groups in total. The molecule has 0 saturated carbocycles. The number of aromatic nitrogens is 4. The zero-order valence-corrected chi connectivity index (χ0v) is 20.8. The fraction of sp³-hybridized carbons (Fsp3) is 0.0800. The van der Waals surface area contributed by atoms with E-state index in [1.807, 2.05) is 30.3 Å². The summed E-state index contributed by atoms with van der Waals surface area (Å²) in [7, 11) is -1.71. The number of pyridine rings is 1. The summed E-state index contributed by atoms with van der Waals surface area (Å²) in [6, 6.07) is 17.5. The summed E-state index contributed by atoms with van der Waals surface area (Å²) < 4.78 is 28.9. The standard InChI is InChI=1S/C25H19N5O4S2/c1-34-22-6-4-3-5-17(22)18-13-26-27-14-19(18)23(31)30-25-29-21-12-11-20(28-24(21)35-25)15-7-9-16(10-8-15)36(2,32)33/h3-14H,1-2H3,(H,29,30,31). The van der Waals surface area contributed by atoms with Crippen molar-refractivity contribution in [3.05, 3.63) is 78.6 Å². The quantitative estimate of drug-likeness (QED) is 0.350. The molecule has 9 nitrogen and oxygen atoms in total. The predicted molar refractivity (Wildman–Crippen MR) is 138 cm³/mol. The van der Waals surface area contributed by atoms with Gasteiger partial charge >= 0.3 is 0 Å².